The van der Waals surface area contributed by atoms with Crippen LogP contribution < -0.4 is 0 Å². The van der Waals surface area contributed by atoms with Crippen LogP contribution >= 0.6 is 0 Å². The molecule has 0 amide bonds. The zero-order valence-corrected chi connectivity index (χ0v) is 18.4. The minimum atomic E-state index is -0.282. The maximum Gasteiger partial charge on any atom is 0.221 e. The second kappa shape index (κ2) is 9.94. The molecule has 2 aliphatic rings. The third-order valence-corrected chi connectivity index (χ3v) is 5.65. The van der Waals surface area contributed by atoms with Crippen LogP contribution in [0.5, 0.6) is 0 Å². The molecule has 0 aromatic heterocycles. The first kappa shape index (κ1) is 22.1. The highest BCUT2D eigenvalue weighted by Crippen LogP contribution is 2.22. The Morgan fingerprint density at radius 1 is 1.23 bits per heavy atom. The second-order valence-electron chi connectivity index (χ2n) is 7.86. The van der Waals surface area contributed by atoms with Crippen LogP contribution in [0.4, 0.5) is 4.39 Å². The Morgan fingerprint density at radius 3 is 2.60 bits per heavy atom. The molecule has 0 saturated carbocycles. The number of guanidine groups is 1. The van der Waals surface area contributed by atoms with Crippen LogP contribution in [0.2, 0.25) is 0 Å². The number of piperazine rings is 1. The number of hydrogen-bond acceptors (Lipinski definition) is 5. The highest BCUT2D eigenvalue weighted by molar-refractivity contribution is 6.20. The summed E-state index contributed by atoms with van der Waals surface area (Å²) in [5.74, 6) is 0.510. The molecule has 0 N–H and O–H groups in total. The van der Waals surface area contributed by atoms with Crippen LogP contribution in [-0.2, 0) is 11.2 Å². The number of aryl methyl sites for hydroxylation is 1. The summed E-state index contributed by atoms with van der Waals surface area (Å²) in [6.07, 6.45) is 4.97. The van der Waals surface area contributed by atoms with Crippen LogP contribution in [0.3, 0.4) is 0 Å². The van der Waals surface area contributed by atoms with Crippen molar-refractivity contribution in [1.29, 1.82) is 0 Å². The summed E-state index contributed by atoms with van der Waals surface area (Å²) in [5, 5.41) is 0. The molecular formula is C24H31FN4O. The van der Waals surface area contributed by atoms with Gasteiger partial charge in [0.25, 0.3) is 0 Å². The Balaban J connectivity index is 1.78. The molecule has 1 saturated heterocycles. The van der Waals surface area contributed by atoms with Crippen LogP contribution in [-0.4, -0.2) is 67.0 Å². The molecule has 30 heavy (non-hydrogen) atoms. The summed E-state index contributed by atoms with van der Waals surface area (Å²) in [5.41, 5.74) is 4.02. The van der Waals surface area contributed by atoms with Crippen molar-refractivity contribution in [3.63, 3.8) is 0 Å². The molecule has 1 aromatic rings. The van der Waals surface area contributed by atoms with Gasteiger partial charge < -0.3 is 9.80 Å². The normalized spacial score (nSPS) is 18.5. The molecule has 160 valence electrons. The van der Waals surface area contributed by atoms with E-state index in [4.69, 9.17) is 4.99 Å². The van der Waals surface area contributed by atoms with Crippen molar-refractivity contribution in [1.82, 2.24) is 9.80 Å². The first-order chi connectivity index (χ1) is 14.4. The Bertz CT molecular complexity index is 921. The van der Waals surface area contributed by atoms with Crippen molar-refractivity contribution >= 4 is 17.5 Å². The van der Waals surface area contributed by atoms with Gasteiger partial charge >= 0.3 is 0 Å². The van der Waals surface area contributed by atoms with Gasteiger partial charge in [0.1, 0.15) is 5.82 Å². The summed E-state index contributed by atoms with van der Waals surface area (Å²) >= 11 is 0. The zero-order valence-electron chi connectivity index (χ0n) is 18.4. The number of rotatable bonds is 6. The van der Waals surface area contributed by atoms with Crippen LogP contribution in [0.15, 0.2) is 51.5 Å². The lowest BCUT2D eigenvalue weighted by molar-refractivity contribution is -0.114. The predicted octanol–water partition coefficient (Wildman–Crippen LogP) is 3.59. The fourth-order valence-corrected chi connectivity index (χ4v) is 3.84. The average Bonchev–Trinajstić information content (AvgIpc) is 3.20. The molecule has 0 aliphatic carbocycles. The monoisotopic (exact) mass is 410 g/mol. The molecule has 0 bridgehead atoms. The Labute approximate surface area is 178 Å². The standard InChI is InChI=1S/C24H31FN4O/c1-5-7-21(22-16-26-24(27-22)29-12-10-28(4)11-13-29)20(6-2)23(30)15-18-8-9-19(25)14-17(18)3/h6-9,14H,5,10-13,15-16H2,1-4H3/b20-6+,21-7+. The van der Waals surface area contributed by atoms with Gasteiger partial charge in [-0.2, -0.15) is 0 Å². The lowest BCUT2D eigenvalue weighted by Crippen LogP contribution is -2.46. The highest BCUT2D eigenvalue weighted by atomic mass is 19.1. The molecule has 0 spiro atoms. The molecule has 1 aromatic carbocycles. The molecule has 2 heterocycles. The van der Waals surface area contributed by atoms with Crippen molar-refractivity contribution in [2.45, 2.75) is 33.6 Å². The number of Topliss-reactive ketones (excluding diaryl/α,β-unsaturated/α-hetero) is 1. The van der Waals surface area contributed by atoms with E-state index in [2.05, 4.69) is 34.8 Å². The van der Waals surface area contributed by atoms with E-state index < -0.39 is 0 Å². The van der Waals surface area contributed by atoms with Gasteiger partial charge in [-0.1, -0.05) is 25.1 Å². The number of benzene rings is 1. The Morgan fingerprint density at radius 2 is 1.97 bits per heavy atom. The van der Waals surface area contributed by atoms with E-state index in [1.54, 1.807) is 6.07 Å². The first-order valence-electron chi connectivity index (χ1n) is 10.6. The molecule has 5 nitrogen and oxygen atoms in total. The number of carbonyl (C=O) groups is 1. The van der Waals surface area contributed by atoms with Gasteiger partial charge in [-0.05, 0) is 50.6 Å². The zero-order chi connectivity index (χ0) is 21.7. The lowest BCUT2D eigenvalue weighted by Gasteiger charge is -2.32. The number of halogens is 1. The van der Waals surface area contributed by atoms with Gasteiger partial charge in [0.2, 0.25) is 5.96 Å². The summed E-state index contributed by atoms with van der Waals surface area (Å²) in [6.45, 7) is 10.1. The van der Waals surface area contributed by atoms with E-state index in [9.17, 15) is 9.18 Å². The van der Waals surface area contributed by atoms with Gasteiger partial charge in [0, 0.05) is 43.7 Å². The minimum Gasteiger partial charge on any atom is -0.339 e. The van der Waals surface area contributed by atoms with E-state index in [0.717, 1.165) is 61.0 Å². The smallest absolute Gasteiger partial charge is 0.221 e. The van der Waals surface area contributed by atoms with E-state index in [1.807, 2.05) is 19.9 Å². The molecule has 1 fully saturated rings. The molecule has 2 aliphatic heterocycles. The van der Waals surface area contributed by atoms with Crippen LogP contribution in [0.1, 0.15) is 31.4 Å². The number of carbonyl (C=O) groups excluding carboxylic acids is 1. The highest BCUT2D eigenvalue weighted by Gasteiger charge is 2.25. The average molecular weight is 411 g/mol. The summed E-state index contributed by atoms with van der Waals surface area (Å²) in [6, 6.07) is 4.57. The first-order valence-corrected chi connectivity index (χ1v) is 10.6. The number of nitrogens with zero attached hydrogens (tertiary/aromatic N) is 4. The summed E-state index contributed by atoms with van der Waals surface area (Å²) < 4.78 is 13.4. The topological polar surface area (TPSA) is 48.3 Å². The van der Waals surface area contributed by atoms with E-state index in [1.165, 1.54) is 12.1 Å². The SMILES string of the molecule is C/C=C(C(=O)Cc1ccc(F)cc1C)\C(=C/CC)C1=NC(N2CCN(C)CC2)=NC1. The van der Waals surface area contributed by atoms with Gasteiger partial charge in [0.15, 0.2) is 5.78 Å². The quantitative estimate of drug-likeness (QED) is 0.532. The molecule has 0 radical (unpaired) electrons. The van der Waals surface area contributed by atoms with Gasteiger partial charge in [-0.3, -0.25) is 4.79 Å². The second-order valence-corrected chi connectivity index (χ2v) is 7.86. The number of likely N-dealkylation sites (N-methyl/N-ethyl adjacent to an activating group) is 1. The van der Waals surface area contributed by atoms with Crippen LogP contribution in [0, 0.1) is 12.7 Å². The minimum absolute atomic E-state index is 0.0163. The van der Waals surface area contributed by atoms with E-state index in [-0.39, 0.29) is 18.0 Å². The van der Waals surface area contributed by atoms with E-state index in [0.29, 0.717) is 12.1 Å². The Kier molecular flexibility index (Phi) is 7.32. The number of hydrogen-bond donors (Lipinski definition) is 0. The number of allylic oxidation sites excluding steroid dienone is 3. The number of ketones is 1. The van der Waals surface area contributed by atoms with Crippen molar-refractivity contribution in [3.8, 4) is 0 Å². The van der Waals surface area contributed by atoms with Gasteiger partial charge in [0.05, 0.1) is 12.3 Å². The van der Waals surface area contributed by atoms with Crippen LogP contribution in [0.25, 0.3) is 0 Å². The largest absolute Gasteiger partial charge is 0.339 e. The van der Waals surface area contributed by atoms with Crippen molar-refractivity contribution in [3.05, 3.63) is 58.4 Å². The van der Waals surface area contributed by atoms with E-state index >= 15 is 0 Å². The molecule has 0 atom stereocenters. The Hall–Kier alpha value is -2.60. The predicted molar refractivity (Wildman–Crippen MR) is 121 cm³/mol. The van der Waals surface area contributed by atoms with Crippen molar-refractivity contribution in [2.75, 3.05) is 39.8 Å². The number of aliphatic imine (C=N–C) groups is 2. The van der Waals surface area contributed by atoms with Gasteiger partial charge in [-0.15, -0.1) is 0 Å². The molecular weight excluding hydrogens is 379 g/mol. The third kappa shape index (κ3) is 5.11. The molecule has 0 unspecified atom stereocenters. The third-order valence-electron chi connectivity index (χ3n) is 5.65. The fraction of sp³-hybridized carbons (Fsp3) is 0.458. The van der Waals surface area contributed by atoms with Crippen molar-refractivity contribution < 1.29 is 9.18 Å². The maximum absolute atomic E-state index is 13.4. The lowest BCUT2D eigenvalue weighted by atomic mass is 9.91. The summed E-state index contributed by atoms with van der Waals surface area (Å²) in [7, 11) is 2.12. The summed E-state index contributed by atoms with van der Waals surface area (Å²) in [4.78, 5) is 27.1. The van der Waals surface area contributed by atoms with Crippen molar-refractivity contribution in [2.24, 2.45) is 9.98 Å². The molecule has 6 heteroatoms. The maximum atomic E-state index is 13.4. The fourth-order valence-electron chi connectivity index (χ4n) is 3.84. The molecule has 3 rings (SSSR count). The van der Waals surface area contributed by atoms with Gasteiger partial charge in [-0.25, -0.2) is 14.4 Å².